The number of nitrogens with two attached hydrogens (primary N) is 1. The Bertz CT molecular complexity index is 289. The molecule has 1 aromatic rings. The Labute approximate surface area is 75.3 Å². The summed E-state index contributed by atoms with van der Waals surface area (Å²) in [6.07, 6.45) is 0. The van der Waals surface area contributed by atoms with E-state index in [-0.39, 0.29) is 11.3 Å². The molecule has 0 fully saturated rings. The number of benzene rings is 1. The van der Waals surface area contributed by atoms with Crippen LogP contribution in [0.1, 0.15) is 5.56 Å². The molecule has 0 aliphatic heterocycles. The summed E-state index contributed by atoms with van der Waals surface area (Å²) in [4.78, 5) is 0. The predicted octanol–water partition coefficient (Wildman–Crippen LogP) is 2.01. The van der Waals surface area contributed by atoms with Gasteiger partial charge in [-0.3, -0.25) is 0 Å². The molecule has 0 aliphatic rings. The smallest absolute Gasteiger partial charge is 0.298 e. The first-order valence-electron chi connectivity index (χ1n) is 3.79. The molecule has 72 valence electrons. The summed E-state index contributed by atoms with van der Waals surface area (Å²) >= 11 is 0. The molecule has 0 atom stereocenters. The van der Waals surface area contributed by atoms with Crippen LogP contribution in [0.5, 0.6) is 0 Å². The molecular formula is C9H11F2NO. The Morgan fingerprint density at radius 2 is 2.00 bits per heavy atom. The highest BCUT2D eigenvalue weighted by Crippen LogP contribution is 2.31. The van der Waals surface area contributed by atoms with Gasteiger partial charge in [-0.05, 0) is 6.07 Å². The third-order valence-corrected chi connectivity index (χ3v) is 1.68. The van der Waals surface area contributed by atoms with Crippen LogP contribution in [0.15, 0.2) is 24.3 Å². The van der Waals surface area contributed by atoms with E-state index < -0.39 is 12.5 Å². The monoisotopic (exact) mass is 187 g/mol. The molecular weight excluding hydrogens is 176 g/mol. The molecule has 0 radical (unpaired) electrons. The lowest BCUT2D eigenvalue weighted by molar-refractivity contribution is -0.0691. The maximum absolute atomic E-state index is 13.2. The fourth-order valence-corrected chi connectivity index (χ4v) is 1.09. The van der Waals surface area contributed by atoms with Gasteiger partial charge in [0.05, 0.1) is 0 Å². The Balaban J connectivity index is 2.99. The Morgan fingerprint density at radius 1 is 1.38 bits per heavy atom. The zero-order valence-electron chi connectivity index (χ0n) is 7.26. The summed E-state index contributed by atoms with van der Waals surface area (Å²) in [5.74, 6) is -3.01. The minimum atomic E-state index is -3.01. The molecule has 2 nitrogen and oxygen atoms in total. The number of ether oxygens (including phenoxy) is 1. The molecule has 0 spiro atoms. The largest absolute Gasteiger partial charge is 0.398 e. The third-order valence-electron chi connectivity index (χ3n) is 1.68. The molecule has 0 aliphatic carbocycles. The van der Waals surface area contributed by atoms with Crippen LogP contribution in [0.2, 0.25) is 0 Å². The highest BCUT2D eigenvalue weighted by Gasteiger charge is 2.33. The summed E-state index contributed by atoms with van der Waals surface area (Å²) in [6.45, 7) is -0.652. The number of rotatable bonds is 3. The van der Waals surface area contributed by atoms with Gasteiger partial charge < -0.3 is 10.5 Å². The molecule has 4 heteroatoms. The van der Waals surface area contributed by atoms with Gasteiger partial charge in [-0.15, -0.1) is 0 Å². The number of halogens is 2. The second kappa shape index (κ2) is 3.70. The van der Waals surface area contributed by atoms with Crippen LogP contribution < -0.4 is 5.73 Å². The second-order valence-corrected chi connectivity index (χ2v) is 2.72. The number of methoxy groups -OCH3 is 1. The number of anilines is 1. The van der Waals surface area contributed by atoms with Crippen LogP contribution in [-0.2, 0) is 10.7 Å². The first-order valence-corrected chi connectivity index (χ1v) is 3.79. The van der Waals surface area contributed by atoms with Crippen molar-refractivity contribution in [2.45, 2.75) is 5.92 Å². The van der Waals surface area contributed by atoms with Gasteiger partial charge >= 0.3 is 0 Å². The van der Waals surface area contributed by atoms with Crippen molar-refractivity contribution < 1.29 is 13.5 Å². The van der Waals surface area contributed by atoms with Gasteiger partial charge in [0, 0.05) is 18.4 Å². The minimum absolute atomic E-state index is 0.0875. The van der Waals surface area contributed by atoms with Crippen LogP contribution in [0.4, 0.5) is 14.5 Å². The van der Waals surface area contributed by atoms with E-state index in [1.807, 2.05) is 0 Å². The van der Waals surface area contributed by atoms with E-state index in [4.69, 9.17) is 5.73 Å². The van der Waals surface area contributed by atoms with Gasteiger partial charge in [0.25, 0.3) is 5.92 Å². The minimum Gasteiger partial charge on any atom is -0.398 e. The lowest BCUT2D eigenvalue weighted by Gasteiger charge is -2.17. The average Bonchev–Trinajstić information content (AvgIpc) is 2.04. The van der Waals surface area contributed by atoms with Crippen LogP contribution in [0.25, 0.3) is 0 Å². The zero-order valence-corrected chi connectivity index (χ0v) is 7.26. The second-order valence-electron chi connectivity index (χ2n) is 2.72. The van der Waals surface area contributed by atoms with Gasteiger partial charge in [-0.25, -0.2) is 0 Å². The third kappa shape index (κ3) is 2.15. The lowest BCUT2D eigenvalue weighted by Crippen LogP contribution is -2.21. The number of hydrogen-bond donors (Lipinski definition) is 1. The molecule has 0 amide bonds. The predicted molar refractivity (Wildman–Crippen MR) is 46.6 cm³/mol. The lowest BCUT2D eigenvalue weighted by atomic mass is 10.1. The molecule has 0 unspecified atom stereocenters. The van der Waals surface area contributed by atoms with E-state index >= 15 is 0 Å². The number of nitrogen functional groups attached to an aromatic ring is 1. The average molecular weight is 187 g/mol. The Morgan fingerprint density at radius 3 is 2.54 bits per heavy atom. The van der Waals surface area contributed by atoms with Crippen molar-refractivity contribution in [1.82, 2.24) is 0 Å². The van der Waals surface area contributed by atoms with E-state index in [9.17, 15) is 8.78 Å². The highest BCUT2D eigenvalue weighted by atomic mass is 19.3. The molecule has 1 rings (SSSR count). The van der Waals surface area contributed by atoms with Crippen molar-refractivity contribution in [3.05, 3.63) is 29.8 Å². The van der Waals surface area contributed by atoms with Crippen LogP contribution >= 0.6 is 0 Å². The summed E-state index contributed by atoms with van der Waals surface area (Å²) < 4.78 is 30.8. The van der Waals surface area contributed by atoms with Gasteiger partial charge in [0.1, 0.15) is 6.61 Å². The normalized spacial score (nSPS) is 11.6. The Hall–Kier alpha value is -1.16. The van der Waals surface area contributed by atoms with Gasteiger partial charge in [0.2, 0.25) is 0 Å². The molecule has 0 heterocycles. The fourth-order valence-electron chi connectivity index (χ4n) is 1.09. The molecule has 0 bridgehead atoms. The quantitative estimate of drug-likeness (QED) is 0.734. The van der Waals surface area contributed by atoms with Crippen LogP contribution in [-0.4, -0.2) is 13.7 Å². The summed E-state index contributed by atoms with van der Waals surface area (Å²) in [6, 6.07) is 5.88. The topological polar surface area (TPSA) is 35.2 Å². The summed E-state index contributed by atoms with van der Waals surface area (Å²) in [5, 5.41) is 0. The molecule has 2 N–H and O–H groups in total. The van der Waals surface area contributed by atoms with Gasteiger partial charge in [0.15, 0.2) is 0 Å². The molecule has 0 aromatic heterocycles. The van der Waals surface area contributed by atoms with E-state index in [1.54, 1.807) is 6.07 Å². The van der Waals surface area contributed by atoms with Crippen molar-refractivity contribution in [3.63, 3.8) is 0 Å². The van der Waals surface area contributed by atoms with E-state index in [2.05, 4.69) is 4.74 Å². The van der Waals surface area contributed by atoms with Crippen molar-refractivity contribution >= 4 is 5.69 Å². The van der Waals surface area contributed by atoms with E-state index in [0.717, 1.165) is 0 Å². The Kier molecular flexibility index (Phi) is 2.83. The maximum Gasteiger partial charge on any atom is 0.298 e. The zero-order chi connectivity index (χ0) is 9.90. The standard InChI is InChI=1S/C9H11F2NO/c1-13-6-9(10,11)7-4-2-3-5-8(7)12/h2-5H,6,12H2,1H3. The van der Waals surface area contributed by atoms with Crippen LogP contribution in [0, 0.1) is 0 Å². The summed E-state index contributed by atoms with van der Waals surface area (Å²) in [5.41, 5.74) is 5.31. The number of para-hydroxylation sites is 1. The van der Waals surface area contributed by atoms with Crippen molar-refractivity contribution in [1.29, 1.82) is 0 Å². The molecule has 0 saturated heterocycles. The van der Waals surface area contributed by atoms with E-state index in [0.29, 0.717) is 0 Å². The molecule has 1 aromatic carbocycles. The molecule has 13 heavy (non-hydrogen) atoms. The van der Waals surface area contributed by atoms with Gasteiger partial charge in [-0.2, -0.15) is 8.78 Å². The molecule has 0 saturated carbocycles. The van der Waals surface area contributed by atoms with E-state index in [1.165, 1.54) is 25.3 Å². The first kappa shape index (κ1) is 9.92. The van der Waals surface area contributed by atoms with Crippen LogP contribution in [0.3, 0.4) is 0 Å². The van der Waals surface area contributed by atoms with Crippen molar-refractivity contribution in [2.75, 3.05) is 19.5 Å². The van der Waals surface area contributed by atoms with Gasteiger partial charge in [-0.1, -0.05) is 18.2 Å². The van der Waals surface area contributed by atoms with Crippen molar-refractivity contribution in [2.24, 2.45) is 0 Å². The summed E-state index contributed by atoms with van der Waals surface area (Å²) in [7, 11) is 1.23. The maximum atomic E-state index is 13.2. The number of hydrogen-bond acceptors (Lipinski definition) is 2. The first-order chi connectivity index (χ1) is 6.08. The highest BCUT2D eigenvalue weighted by molar-refractivity contribution is 5.48. The van der Waals surface area contributed by atoms with Crippen molar-refractivity contribution in [3.8, 4) is 0 Å². The number of alkyl halides is 2. The SMILES string of the molecule is COCC(F)(F)c1ccccc1N. The fraction of sp³-hybridized carbons (Fsp3) is 0.333.